The summed E-state index contributed by atoms with van der Waals surface area (Å²) in [6.45, 7) is 4.64. The Kier molecular flexibility index (Phi) is 4.26. The van der Waals surface area contributed by atoms with E-state index >= 15 is 0 Å². The maximum atomic E-state index is 10.0. The molecule has 2 nitrogen and oxygen atoms in total. The molecule has 2 atom stereocenters. The van der Waals surface area contributed by atoms with E-state index in [9.17, 15) is 5.11 Å². The number of nitrogens with one attached hydrogen (secondary N) is 1. The standard InChI is InChI=1S/C14H27NO/c1-10(2)11-8-12(9-11)15-13-6-4-3-5-7-14(13)16/h10-16H,3-9H2,1-2H3. The van der Waals surface area contributed by atoms with Gasteiger partial charge in [0.15, 0.2) is 0 Å². The molecule has 0 spiro atoms. The molecular formula is C14H27NO. The van der Waals surface area contributed by atoms with Gasteiger partial charge in [-0.05, 0) is 37.5 Å². The van der Waals surface area contributed by atoms with Crippen LogP contribution in [0.3, 0.4) is 0 Å². The minimum atomic E-state index is -0.0967. The van der Waals surface area contributed by atoms with Crippen LogP contribution in [0.4, 0.5) is 0 Å². The average Bonchev–Trinajstić information content (AvgIpc) is 2.36. The fourth-order valence-corrected chi connectivity index (χ4v) is 3.13. The SMILES string of the molecule is CC(C)C1CC(NC2CCCCCC2O)C1. The second kappa shape index (κ2) is 5.50. The Hall–Kier alpha value is -0.0800. The highest BCUT2D eigenvalue weighted by Crippen LogP contribution is 2.34. The molecule has 2 N–H and O–H groups in total. The van der Waals surface area contributed by atoms with Crippen LogP contribution in [-0.4, -0.2) is 23.3 Å². The molecule has 0 aliphatic heterocycles. The number of aliphatic hydroxyl groups is 1. The topological polar surface area (TPSA) is 32.3 Å². The predicted molar refractivity (Wildman–Crippen MR) is 67.4 cm³/mol. The van der Waals surface area contributed by atoms with Crippen molar-refractivity contribution in [1.29, 1.82) is 0 Å². The zero-order valence-corrected chi connectivity index (χ0v) is 10.8. The van der Waals surface area contributed by atoms with Crippen molar-refractivity contribution in [3.8, 4) is 0 Å². The molecule has 2 unspecified atom stereocenters. The monoisotopic (exact) mass is 225 g/mol. The second-order valence-electron chi connectivity index (χ2n) is 6.15. The molecule has 0 aromatic rings. The first kappa shape index (κ1) is 12.4. The van der Waals surface area contributed by atoms with E-state index in [0.717, 1.165) is 18.3 Å². The summed E-state index contributed by atoms with van der Waals surface area (Å²) in [4.78, 5) is 0. The van der Waals surface area contributed by atoms with E-state index in [-0.39, 0.29) is 6.10 Å². The lowest BCUT2D eigenvalue weighted by molar-refractivity contribution is 0.0847. The fraction of sp³-hybridized carbons (Fsp3) is 1.00. The van der Waals surface area contributed by atoms with E-state index < -0.39 is 0 Å². The molecule has 2 saturated carbocycles. The predicted octanol–water partition coefficient (Wildman–Crippen LogP) is 2.70. The Bertz CT molecular complexity index is 211. The third-order valence-corrected chi connectivity index (χ3v) is 4.55. The Balaban J connectivity index is 1.73. The van der Waals surface area contributed by atoms with Crippen molar-refractivity contribution in [2.45, 2.75) is 77.0 Å². The third kappa shape index (κ3) is 2.98. The molecule has 2 aliphatic carbocycles. The zero-order chi connectivity index (χ0) is 11.5. The van der Waals surface area contributed by atoms with E-state index in [1.54, 1.807) is 0 Å². The van der Waals surface area contributed by atoms with Crippen LogP contribution in [0.15, 0.2) is 0 Å². The molecule has 16 heavy (non-hydrogen) atoms. The van der Waals surface area contributed by atoms with Gasteiger partial charge in [0.05, 0.1) is 6.10 Å². The van der Waals surface area contributed by atoms with Gasteiger partial charge in [-0.2, -0.15) is 0 Å². The second-order valence-corrected chi connectivity index (χ2v) is 6.15. The van der Waals surface area contributed by atoms with Crippen LogP contribution in [0.1, 0.15) is 58.8 Å². The molecule has 94 valence electrons. The first-order valence-corrected chi connectivity index (χ1v) is 7.11. The van der Waals surface area contributed by atoms with E-state index in [1.165, 1.54) is 38.5 Å². The number of aliphatic hydroxyl groups excluding tert-OH is 1. The van der Waals surface area contributed by atoms with Crippen molar-refractivity contribution in [3.05, 3.63) is 0 Å². The summed E-state index contributed by atoms with van der Waals surface area (Å²) in [5.41, 5.74) is 0. The Morgan fingerprint density at radius 2 is 1.75 bits per heavy atom. The van der Waals surface area contributed by atoms with Crippen LogP contribution in [0.2, 0.25) is 0 Å². The molecule has 0 amide bonds. The summed E-state index contributed by atoms with van der Waals surface area (Å²) < 4.78 is 0. The first-order chi connectivity index (χ1) is 7.66. The van der Waals surface area contributed by atoms with Gasteiger partial charge in [-0.1, -0.05) is 33.1 Å². The number of rotatable bonds is 3. The van der Waals surface area contributed by atoms with Crippen LogP contribution in [0, 0.1) is 11.8 Å². The largest absolute Gasteiger partial charge is 0.392 e. The van der Waals surface area contributed by atoms with Gasteiger partial charge < -0.3 is 10.4 Å². The third-order valence-electron chi connectivity index (χ3n) is 4.55. The molecule has 2 rings (SSSR count). The zero-order valence-electron chi connectivity index (χ0n) is 10.8. The average molecular weight is 225 g/mol. The minimum absolute atomic E-state index is 0.0967. The highest BCUT2D eigenvalue weighted by molar-refractivity contribution is 4.91. The minimum Gasteiger partial charge on any atom is -0.392 e. The van der Waals surface area contributed by atoms with Gasteiger partial charge >= 0.3 is 0 Å². The lowest BCUT2D eigenvalue weighted by Gasteiger charge is -2.41. The van der Waals surface area contributed by atoms with Crippen molar-refractivity contribution in [3.63, 3.8) is 0 Å². The van der Waals surface area contributed by atoms with Crippen molar-refractivity contribution >= 4 is 0 Å². The molecule has 0 aromatic carbocycles. The lowest BCUT2D eigenvalue weighted by Crippen LogP contribution is -2.51. The molecule has 2 heteroatoms. The van der Waals surface area contributed by atoms with E-state index in [4.69, 9.17) is 0 Å². The molecule has 0 saturated heterocycles. The summed E-state index contributed by atoms with van der Waals surface area (Å²) in [5.74, 6) is 1.75. The molecule has 0 heterocycles. The highest BCUT2D eigenvalue weighted by atomic mass is 16.3. The summed E-state index contributed by atoms with van der Waals surface area (Å²) in [6.07, 6.45) is 8.51. The van der Waals surface area contributed by atoms with Crippen molar-refractivity contribution in [2.24, 2.45) is 11.8 Å². The molecule has 0 radical (unpaired) electrons. The normalized spacial score (nSPS) is 40.5. The number of hydrogen-bond acceptors (Lipinski definition) is 2. The van der Waals surface area contributed by atoms with E-state index in [1.807, 2.05) is 0 Å². The van der Waals surface area contributed by atoms with Gasteiger partial charge in [0.2, 0.25) is 0 Å². The van der Waals surface area contributed by atoms with Crippen LogP contribution >= 0.6 is 0 Å². The van der Waals surface area contributed by atoms with Crippen molar-refractivity contribution < 1.29 is 5.11 Å². The quantitative estimate of drug-likeness (QED) is 0.724. The van der Waals surface area contributed by atoms with E-state index in [0.29, 0.717) is 12.1 Å². The van der Waals surface area contributed by atoms with Gasteiger partial charge in [-0.15, -0.1) is 0 Å². The highest BCUT2D eigenvalue weighted by Gasteiger charge is 2.33. The van der Waals surface area contributed by atoms with Gasteiger partial charge in [0.1, 0.15) is 0 Å². The van der Waals surface area contributed by atoms with Crippen LogP contribution in [0.5, 0.6) is 0 Å². The summed E-state index contributed by atoms with van der Waals surface area (Å²) in [6, 6.07) is 1.06. The lowest BCUT2D eigenvalue weighted by atomic mass is 9.73. The van der Waals surface area contributed by atoms with Gasteiger partial charge in [0, 0.05) is 12.1 Å². The summed E-state index contributed by atoms with van der Waals surface area (Å²) in [7, 11) is 0. The van der Waals surface area contributed by atoms with Crippen LogP contribution in [0.25, 0.3) is 0 Å². The maximum Gasteiger partial charge on any atom is 0.0693 e. The molecule has 2 aliphatic rings. The fourth-order valence-electron chi connectivity index (χ4n) is 3.13. The first-order valence-electron chi connectivity index (χ1n) is 7.11. The van der Waals surface area contributed by atoms with Gasteiger partial charge in [0.25, 0.3) is 0 Å². The Morgan fingerprint density at radius 1 is 1.06 bits per heavy atom. The smallest absolute Gasteiger partial charge is 0.0693 e. The molecule has 2 fully saturated rings. The van der Waals surface area contributed by atoms with Crippen LogP contribution in [-0.2, 0) is 0 Å². The summed E-state index contributed by atoms with van der Waals surface area (Å²) in [5, 5.41) is 13.7. The summed E-state index contributed by atoms with van der Waals surface area (Å²) >= 11 is 0. The Morgan fingerprint density at radius 3 is 2.44 bits per heavy atom. The number of hydrogen-bond donors (Lipinski definition) is 2. The Labute approximate surface area is 99.8 Å². The molecule has 0 aromatic heterocycles. The van der Waals surface area contributed by atoms with Gasteiger partial charge in [-0.25, -0.2) is 0 Å². The maximum absolute atomic E-state index is 10.0. The molecule has 0 bridgehead atoms. The van der Waals surface area contributed by atoms with E-state index in [2.05, 4.69) is 19.2 Å². The van der Waals surface area contributed by atoms with Gasteiger partial charge in [-0.3, -0.25) is 0 Å². The molecular weight excluding hydrogens is 198 g/mol. The van der Waals surface area contributed by atoms with Crippen molar-refractivity contribution in [1.82, 2.24) is 5.32 Å². The van der Waals surface area contributed by atoms with Crippen LogP contribution < -0.4 is 5.32 Å². The van der Waals surface area contributed by atoms with Crippen molar-refractivity contribution in [2.75, 3.05) is 0 Å².